The number of halogens is 2. The Morgan fingerprint density at radius 1 is 1.50 bits per heavy atom. The van der Waals surface area contributed by atoms with Crippen molar-refractivity contribution in [2.24, 2.45) is 0 Å². The van der Waals surface area contributed by atoms with Crippen molar-refractivity contribution in [2.45, 2.75) is 19.0 Å². The molecule has 8 nitrogen and oxygen atoms in total. The first kappa shape index (κ1) is 14.6. The van der Waals surface area contributed by atoms with E-state index in [1.54, 1.807) is 0 Å². The average Bonchev–Trinajstić information content (AvgIpc) is 2.78. The summed E-state index contributed by atoms with van der Waals surface area (Å²) in [6, 6.07) is 0. The van der Waals surface area contributed by atoms with E-state index in [0.29, 0.717) is 11.2 Å². The first-order chi connectivity index (χ1) is 9.49. The number of hydrogen-bond donors (Lipinski definition) is 2. The zero-order valence-corrected chi connectivity index (χ0v) is 11.0. The third kappa shape index (κ3) is 3.21. The molecule has 108 valence electrons. The van der Waals surface area contributed by atoms with Gasteiger partial charge in [0.05, 0.1) is 6.20 Å². The number of ether oxygens (including phenoxy) is 1. The summed E-state index contributed by atoms with van der Waals surface area (Å²) in [5.74, 6) is 0.0780. The molecular formula is C9H11F2N5O3P+. The Labute approximate surface area is 112 Å². The third-order valence-corrected chi connectivity index (χ3v) is 2.88. The van der Waals surface area contributed by atoms with Crippen molar-refractivity contribution in [2.75, 3.05) is 12.1 Å². The van der Waals surface area contributed by atoms with Crippen LogP contribution in [0.15, 0.2) is 12.5 Å². The largest absolute Gasteiger partial charge is 0.534 e. The lowest BCUT2D eigenvalue weighted by Gasteiger charge is -2.12. The highest BCUT2D eigenvalue weighted by Gasteiger charge is 2.27. The van der Waals surface area contributed by atoms with Crippen LogP contribution in [-0.2, 0) is 15.7 Å². The summed E-state index contributed by atoms with van der Waals surface area (Å²) in [6.07, 6.45) is -2.66. The minimum absolute atomic E-state index is 0.0780. The summed E-state index contributed by atoms with van der Waals surface area (Å²) in [5, 5.41) is 3.88. The van der Waals surface area contributed by atoms with Crippen LogP contribution in [-0.4, -0.2) is 43.4 Å². The van der Waals surface area contributed by atoms with Crippen LogP contribution in [0.2, 0.25) is 0 Å². The molecule has 2 heterocycles. The average molecular weight is 306 g/mol. The fourth-order valence-electron chi connectivity index (χ4n) is 1.62. The maximum absolute atomic E-state index is 12.8. The molecule has 0 aliphatic rings. The van der Waals surface area contributed by atoms with E-state index in [9.17, 15) is 13.3 Å². The molecule has 2 atom stereocenters. The van der Waals surface area contributed by atoms with Crippen LogP contribution >= 0.6 is 8.03 Å². The van der Waals surface area contributed by atoms with Gasteiger partial charge in [0.1, 0.15) is 12.4 Å². The fraction of sp³-hybridized carbons (Fsp3) is 0.444. The first-order valence-electron chi connectivity index (χ1n) is 5.45. The molecule has 0 spiro atoms. The Morgan fingerprint density at radius 2 is 2.25 bits per heavy atom. The SMILES string of the molecule is Nc1ncnc2c(CC(OC[P+](=O)O)C(F)F)cnn12. The van der Waals surface area contributed by atoms with Gasteiger partial charge in [-0.2, -0.15) is 14.5 Å². The number of alkyl halides is 2. The summed E-state index contributed by atoms with van der Waals surface area (Å²) in [5.41, 5.74) is 6.24. The van der Waals surface area contributed by atoms with E-state index in [1.165, 1.54) is 17.0 Å². The van der Waals surface area contributed by atoms with Crippen LogP contribution in [0.3, 0.4) is 0 Å². The molecule has 2 aromatic rings. The lowest BCUT2D eigenvalue weighted by Crippen LogP contribution is -2.24. The van der Waals surface area contributed by atoms with Crippen LogP contribution in [0.1, 0.15) is 5.56 Å². The molecule has 0 radical (unpaired) electrons. The molecule has 2 aromatic heterocycles. The van der Waals surface area contributed by atoms with Gasteiger partial charge in [-0.05, 0) is 4.57 Å². The molecule has 3 N–H and O–H groups in total. The maximum Gasteiger partial charge on any atom is 0.534 e. The Kier molecular flexibility index (Phi) is 4.48. The molecule has 11 heteroatoms. The predicted octanol–water partition coefficient (Wildman–Crippen LogP) is 0.592. The summed E-state index contributed by atoms with van der Waals surface area (Å²) in [6.45, 7) is 0. The Balaban J connectivity index is 2.20. The minimum atomic E-state index is -2.81. The van der Waals surface area contributed by atoms with Gasteiger partial charge in [-0.15, -0.1) is 0 Å². The molecule has 0 aromatic carbocycles. The lowest BCUT2D eigenvalue weighted by atomic mass is 10.1. The number of nitrogen functional groups attached to an aromatic ring is 1. The van der Waals surface area contributed by atoms with E-state index >= 15 is 0 Å². The molecule has 0 saturated heterocycles. The number of aromatic nitrogens is 4. The van der Waals surface area contributed by atoms with Crippen LogP contribution in [0.5, 0.6) is 0 Å². The molecule has 0 fully saturated rings. The van der Waals surface area contributed by atoms with Crippen molar-refractivity contribution in [1.29, 1.82) is 0 Å². The molecule has 0 aliphatic carbocycles. The molecule has 0 aliphatic heterocycles. The van der Waals surface area contributed by atoms with Crippen molar-refractivity contribution in [3.63, 3.8) is 0 Å². The fourth-order valence-corrected chi connectivity index (χ4v) is 1.94. The monoisotopic (exact) mass is 306 g/mol. The van der Waals surface area contributed by atoms with Crippen molar-refractivity contribution >= 4 is 19.6 Å². The lowest BCUT2D eigenvalue weighted by molar-refractivity contribution is -0.0399. The summed E-state index contributed by atoms with van der Waals surface area (Å²) >= 11 is 0. The van der Waals surface area contributed by atoms with E-state index in [-0.39, 0.29) is 12.4 Å². The van der Waals surface area contributed by atoms with Gasteiger partial charge in [-0.25, -0.2) is 18.7 Å². The van der Waals surface area contributed by atoms with Crippen LogP contribution < -0.4 is 5.73 Å². The predicted molar refractivity (Wildman–Crippen MR) is 64.5 cm³/mol. The van der Waals surface area contributed by atoms with Gasteiger partial charge >= 0.3 is 8.03 Å². The standard InChI is InChI=1S/C9H10F2N5O3P/c10-7(11)6(19-4-20(17)18)1-5-2-15-16-8(5)13-3-14-9(16)12/h2-3,6-7H,1,4H2,(H2-,12,13,14,17,18)/p+1. The van der Waals surface area contributed by atoms with Crippen molar-refractivity contribution in [1.82, 2.24) is 19.6 Å². The van der Waals surface area contributed by atoms with Gasteiger partial charge < -0.3 is 10.5 Å². The number of hydrogen-bond acceptors (Lipinski definition) is 6. The topological polar surface area (TPSA) is 116 Å². The molecule has 20 heavy (non-hydrogen) atoms. The second kappa shape index (κ2) is 6.12. The molecule has 0 amide bonds. The van der Waals surface area contributed by atoms with E-state index in [2.05, 4.69) is 15.1 Å². The zero-order chi connectivity index (χ0) is 14.7. The number of fused-ring (bicyclic) bond motifs is 1. The first-order valence-corrected chi connectivity index (χ1v) is 6.85. The maximum atomic E-state index is 12.8. The number of nitrogens with two attached hydrogens (primary N) is 1. The van der Waals surface area contributed by atoms with Gasteiger partial charge in [0.15, 0.2) is 5.65 Å². The quantitative estimate of drug-likeness (QED) is 0.750. The second-order valence-corrected chi connectivity index (χ2v) is 4.82. The van der Waals surface area contributed by atoms with Gasteiger partial charge in [0, 0.05) is 12.0 Å². The number of rotatable bonds is 6. The Morgan fingerprint density at radius 3 is 2.90 bits per heavy atom. The summed E-state index contributed by atoms with van der Waals surface area (Å²) in [7, 11) is -2.63. The molecule has 0 bridgehead atoms. The third-order valence-electron chi connectivity index (χ3n) is 2.51. The van der Waals surface area contributed by atoms with E-state index in [0.717, 1.165) is 0 Å². The zero-order valence-electron chi connectivity index (χ0n) is 10.1. The van der Waals surface area contributed by atoms with Gasteiger partial charge in [-0.3, -0.25) is 0 Å². The highest BCUT2D eigenvalue weighted by atomic mass is 31.1. The normalized spacial score (nSPS) is 13.9. The molecular weight excluding hydrogens is 295 g/mol. The van der Waals surface area contributed by atoms with Gasteiger partial charge in [-0.1, -0.05) is 0 Å². The van der Waals surface area contributed by atoms with Crippen molar-refractivity contribution < 1.29 is 23.0 Å². The molecule has 2 unspecified atom stereocenters. The van der Waals surface area contributed by atoms with E-state index in [4.69, 9.17) is 15.4 Å². The molecule has 2 rings (SSSR count). The van der Waals surface area contributed by atoms with Crippen molar-refractivity contribution in [3.8, 4) is 0 Å². The Bertz CT molecular complexity index is 623. The van der Waals surface area contributed by atoms with Crippen LogP contribution in [0.4, 0.5) is 14.7 Å². The Hall–Kier alpha value is -1.77. The molecule has 0 saturated carbocycles. The van der Waals surface area contributed by atoms with E-state index < -0.39 is 26.9 Å². The van der Waals surface area contributed by atoms with Crippen LogP contribution in [0, 0.1) is 0 Å². The highest BCUT2D eigenvalue weighted by Crippen LogP contribution is 2.21. The smallest absolute Gasteiger partial charge is 0.368 e. The minimum Gasteiger partial charge on any atom is -0.368 e. The summed E-state index contributed by atoms with van der Waals surface area (Å²) in [4.78, 5) is 16.2. The van der Waals surface area contributed by atoms with Gasteiger partial charge in [0.25, 0.3) is 12.8 Å². The second-order valence-electron chi connectivity index (χ2n) is 3.86. The van der Waals surface area contributed by atoms with Gasteiger partial charge in [0.2, 0.25) is 5.95 Å². The van der Waals surface area contributed by atoms with Crippen LogP contribution in [0.25, 0.3) is 5.65 Å². The van der Waals surface area contributed by atoms with Crippen molar-refractivity contribution in [3.05, 3.63) is 18.1 Å². The summed E-state index contributed by atoms with van der Waals surface area (Å²) < 4.78 is 42.1. The van der Waals surface area contributed by atoms with E-state index in [1.807, 2.05) is 0 Å². The highest BCUT2D eigenvalue weighted by molar-refractivity contribution is 7.37. The number of anilines is 1. The number of nitrogens with zero attached hydrogens (tertiary/aromatic N) is 4.